The number of nitrogens with zero attached hydrogens (tertiary/aromatic N) is 3. The summed E-state index contributed by atoms with van der Waals surface area (Å²) in [6, 6.07) is 21.8. The normalized spacial score (nSPS) is 11.0. The van der Waals surface area contributed by atoms with Crippen LogP contribution in [-0.4, -0.2) is 22.0 Å². The van der Waals surface area contributed by atoms with Crippen LogP contribution in [0.1, 0.15) is 6.92 Å². The monoisotopic (exact) mass is 361 g/mol. The number of imidazole rings is 1. The van der Waals surface area contributed by atoms with Crippen molar-refractivity contribution in [2.45, 2.75) is 13.5 Å². The Bertz CT molecular complexity index is 1020. The van der Waals surface area contributed by atoms with Gasteiger partial charge in [-0.2, -0.15) is 0 Å². The van der Waals surface area contributed by atoms with Gasteiger partial charge in [-0.3, -0.25) is 4.79 Å². The predicted molar refractivity (Wildman–Crippen MR) is 108 cm³/mol. The van der Waals surface area contributed by atoms with E-state index in [2.05, 4.69) is 0 Å². The molecule has 2 aromatic carbocycles. The second kappa shape index (κ2) is 7.14. The summed E-state index contributed by atoms with van der Waals surface area (Å²) < 4.78 is 2.02. The molecule has 1 amide bonds. The predicted octanol–water partition coefficient (Wildman–Crippen LogP) is 4.82. The number of carbonyl (C=O) groups is 1. The molecule has 2 heterocycles. The number of thiophene rings is 1. The molecule has 0 saturated heterocycles. The van der Waals surface area contributed by atoms with Gasteiger partial charge in [0.25, 0.3) is 0 Å². The van der Waals surface area contributed by atoms with Gasteiger partial charge >= 0.3 is 0 Å². The lowest BCUT2D eigenvalue weighted by atomic mass is 10.2. The first-order valence-corrected chi connectivity index (χ1v) is 9.50. The molecule has 0 aliphatic carbocycles. The Morgan fingerprint density at radius 2 is 1.81 bits per heavy atom. The minimum Gasteiger partial charge on any atom is -0.314 e. The van der Waals surface area contributed by atoms with Gasteiger partial charge < -0.3 is 9.47 Å². The maximum atomic E-state index is 13.1. The van der Waals surface area contributed by atoms with E-state index in [-0.39, 0.29) is 12.5 Å². The zero-order valence-electron chi connectivity index (χ0n) is 14.5. The summed E-state index contributed by atoms with van der Waals surface area (Å²) in [6.07, 6.45) is 0. The van der Waals surface area contributed by atoms with Gasteiger partial charge in [-0.05, 0) is 42.6 Å². The Morgan fingerprint density at radius 3 is 2.54 bits per heavy atom. The molecule has 0 N–H and O–H groups in total. The van der Waals surface area contributed by atoms with E-state index in [1.807, 2.05) is 88.5 Å². The van der Waals surface area contributed by atoms with Crippen molar-refractivity contribution in [3.63, 3.8) is 0 Å². The highest BCUT2D eigenvalue weighted by atomic mass is 32.1. The third-order valence-electron chi connectivity index (χ3n) is 4.37. The number of hydrogen-bond donors (Lipinski definition) is 0. The van der Waals surface area contributed by atoms with Gasteiger partial charge in [0.15, 0.2) is 5.82 Å². The lowest BCUT2D eigenvalue weighted by molar-refractivity contribution is -0.119. The van der Waals surface area contributed by atoms with Crippen LogP contribution < -0.4 is 4.90 Å². The minimum absolute atomic E-state index is 0.0552. The fraction of sp³-hybridized carbons (Fsp3) is 0.143. The Balaban J connectivity index is 1.74. The van der Waals surface area contributed by atoms with Crippen molar-refractivity contribution in [1.82, 2.24) is 9.55 Å². The number of anilines is 1. The zero-order chi connectivity index (χ0) is 17.9. The number of fused-ring (bicyclic) bond motifs is 1. The van der Waals surface area contributed by atoms with Crippen LogP contribution in [-0.2, 0) is 11.3 Å². The summed E-state index contributed by atoms with van der Waals surface area (Å²) in [5.41, 5.74) is 2.81. The van der Waals surface area contributed by atoms with E-state index < -0.39 is 0 Å². The second-order valence-corrected chi connectivity index (χ2v) is 6.91. The molecular formula is C21H19N3OS. The molecule has 4 rings (SSSR count). The fourth-order valence-electron chi connectivity index (χ4n) is 3.16. The third kappa shape index (κ3) is 3.02. The molecule has 2 aromatic heterocycles. The van der Waals surface area contributed by atoms with Crippen LogP contribution in [0.2, 0.25) is 0 Å². The zero-order valence-corrected chi connectivity index (χ0v) is 15.3. The van der Waals surface area contributed by atoms with Gasteiger partial charge in [-0.15, -0.1) is 11.3 Å². The Hall–Kier alpha value is -2.92. The van der Waals surface area contributed by atoms with Crippen LogP contribution in [0.15, 0.2) is 72.1 Å². The van der Waals surface area contributed by atoms with E-state index in [0.29, 0.717) is 6.54 Å². The molecule has 4 nitrogen and oxygen atoms in total. The van der Waals surface area contributed by atoms with E-state index in [1.54, 1.807) is 11.3 Å². The number of benzene rings is 2. The van der Waals surface area contributed by atoms with Crippen molar-refractivity contribution >= 4 is 34.0 Å². The first kappa shape index (κ1) is 16.5. The van der Waals surface area contributed by atoms with Gasteiger partial charge in [0, 0.05) is 12.2 Å². The van der Waals surface area contributed by atoms with Crippen molar-refractivity contribution in [3.05, 3.63) is 72.1 Å². The topological polar surface area (TPSA) is 38.1 Å². The summed E-state index contributed by atoms with van der Waals surface area (Å²) in [7, 11) is 0. The summed E-state index contributed by atoms with van der Waals surface area (Å²) in [5.74, 6) is 0.901. The Labute approximate surface area is 156 Å². The average Bonchev–Trinajstić information content (AvgIpc) is 3.32. The second-order valence-electron chi connectivity index (χ2n) is 5.96. The van der Waals surface area contributed by atoms with Crippen molar-refractivity contribution in [2.24, 2.45) is 0 Å². The molecule has 0 fully saturated rings. The van der Waals surface area contributed by atoms with Gasteiger partial charge in [0.05, 0.1) is 15.9 Å². The van der Waals surface area contributed by atoms with E-state index in [4.69, 9.17) is 4.98 Å². The Morgan fingerprint density at radius 1 is 1.04 bits per heavy atom. The van der Waals surface area contributed by atoms with Gasteiger partial charge in [0.2, 0.25) is 5.91 Å². The molecule has 0 aliphatic rings. The van der Waals surface area contributed by atoms with Crippen molar-refractivity contribution in [2.75, 3.05) is 11.4 Å². The number of hydrogen-bond acceptors (Lipinski definition) is 3. The standard InChI is InChI=1S/C21H19N3OS/c1-2-23(16-9-4-3-5-10-16)20(25)15-24-18-12-7-6-11-17(18)22-21(24)19-13-8-14-26-19/h3-14H,2,15H2,1H3. The maximum absolute atomic E-state index is 13.1. The molecule has 0 bridgehead atoms. The molecule has 0 aliphatic heterocycles. The number of carbonyl (C=O) groups excluding carboxylic acids is 1. The molecule has 0 spiro atoms. The van der Waals surface area contributed by atoms with E-state index >= 15 is 0 Å². The molecule has 26 heavy (non-hydrogen) atoms. The molecule has 5 heteroatoms. The van der Waals surface area contributed by atoms with Crippen LogP contribution >= 0.6 is 11.3 Å². The highest BCUT2D eigenvalue weighted by Crippen LogP contribution is 2.28. The first-order chi connectivity index (χ1) is 12.8. The summed E-state index contributed by atoms with van der Waals surface area (Å²) in [4.78, 5) is 20.7. The number of likely N-dealkylation sites (N-methyl/N-ethyl adjacent to an activating group) is 1. The first-order valence-electron chi connectivity index (χ1n) is 8.62. The molecule has 4 aromatic rings. The number of aromatic nitrogens is 2. The van der Waals surface area contributed by atoms with Gasteiger partial charge in [-0.25, -0.2) is 4.98 Å². The van der Waals surface area contributed by atoms with Crippen molar-refractivity contribution < 1.29 is 4.79 Å². The van der Waals surface area contributed by atoms with Gasteiger partial charge in [0.1, 0.15) is 6.54 Å². The van der Waals surface area contributed by atoms with Crippen LogP contribution in [0, 0.1) is 0 Å². The number of rotatable bonds is 5. The highest BCUT2D eigenvalue weighted by Gasteiger charge is 2.19. The number of para-hydroxylation sites is 3. The van der Waals surface area contributed by atoms with E-state index in [9.17, 15) is 4.79 Å². The molecular weight excluding hydrogens is 342 g/mol. The van der Waals surface area contributed by atoms with Gasteiger partial charge in [-0.1, -0.05) is 36.4 Å². The van der Waals surface area contributed by atoms with Crippen LogP contribution in [0.3, 0.4) is 0 Å². The van der Waals surface area contributed by atoms with E-state index in [1.165, 1.54) is 0 Å². The number of amides is 1. The summed E-state index contributed by atoms with van der Waals surface area (Å²) >= 11 is 1.63. The van der Waals surface area contributed by atoms with Crippen LogP contribution in [0.4, 0.5) is 5.69 Å². The lowest BCUT2D eigenvalue weighted by Gasteiger charge is -2.22. The molecule has 0 unspecified atom stereocenters. The van der Waals surface area contributed by atoms with Crippen LogP contribution in [0.5, 0.6) is 0 Å². The SMILES string of the molecule is CCN(C(=O)Cn1c(-c2cccs2)nc2ccccc21)c1ccccc1. The molecule has 130 valence electrons. The van der Waals surface area contributed by atoms with Crippen molar-refractivity contribution in [1.29, 1.82) is 0 Å². The van der Waals surface area contributed by atoms with E-state index in [0.717, 1.165) is 27.4 Å². The highest BCUT2D eigenvalue weighted by molar-refractivity contribution is 7.13. The summed E-state index contributed by atoms with van der Waals surface area (Å²) in [6.45, 7) is 2.89. The third-order valence-corrected chi connectivity index (χ3v) is 5.24. The molecule has 0 saturated carbocycles. The largest absolute Gasteiger partial charge is 0.314 e. The fourth-order valence-corrected chi connectivity index (χ4v) is 3.88. The summed E-state index contributed by atoms with van der Waals surface area (Å²) in [5, 5.41) is 2.03. The quantitative estimate of drug-likeness (QED) is 0.511. The molecule has 0 atom stereocenters. The minimum atomic E-state index is 0.0552. The lowest BCUT2D eigenvalue weighted by Crippen LogP contribution is -2.33. The van der Waals surface area contributed by atoms with Crippen LogP contribution in [0.25, 0.3) is 21.7 Å². The molecule has 0 radical (unpaired) electrons. The average molecular weight is 361 g/mol. The van der Waals surface area contributed by atoms with Crippen molar-refractivity contribution in [3.8, 4) is 10.7 Å². The maximum Gasteiger partial charge on any atom is 0.246 e. The smallest absolute Gasteiger partial charge is 0.246 e. The Kier molecular flexibility index (Phi) is 4.54.